The van der Waals surface area contributed by atoms with Gasteiger partial charge in [0.25, 0.3) is 0 Å². The minimum atomic E-state index is -0.335. The molecule has 6 rings (SSSR count). The van der Waals surface area contributed by atoms with Gasteiger partial charge < -0.3 is 36.1 Å². The number of nitriles is 2. The number of fused-ring (bicyclic) bond motifs is 2. The highest BCUT2D eigenvalue weighted by molar-refractivity contribution is 8.00. The Balaban J connectivity index is 1.39. The fraction of sp³-hybridized carbons (Fsp3) is 0.500. The first-order chi connectivity index (χ1) is 21.3. The Morgan fingerprint density at radius 3 is 2.66 bits per heavy atom. The van der Waals surface area contributed by atoms with Gasteiger partial charge in [0.2, 0.25) is 0 Å². The maximum atomic E-state index is 10.6. The molecular formula is C30H36N10O2S2. The van der Waals surface area contributed by atoms with Crippen LogP contribution in [0.1, 0.15) is 59.9 Å². The smallest absolute Gasteiger partial charge is 0.320 e. The molecule has 0 unspecified atom stereocenters. The van der Waals surface area contributed by atoms with Crippen LogP contribution in [0.4, 0.5) is 22.5 Å². The summed E-state index contributed by atoms with van der Waals surface area (Å²) in [6.07, 6.45) is 3.60. The molecule has 2 atom stereocenters. The molecule has 0 bridgehead atoms. The topological polar surface area (TPSA) is 175 Å². The average Bonchev–Trinajstić information content (AvgIpc) is 3.70. The van der Waals surface area contributed by atoms with Gasteiger partial charge in [-0.25, -0.2) is 4.98 Å². The lowest BCUT2D eigenvalue weighted by Gasteiger charge is -2.49. The summed E-state index contributed by atoms with van der Waals surface area (Å²) in [5.41, 5.74) is 15.0. The molecule has 3 aromatic heterocycles. The first-order valence-corrected chi connectivity index (χ1v) is 16.5. The number of ether oxygens (including phenoxy) is 2. The van der Waals surface area contributed by atoms with E-state index in [1.807, 2.05) is 42.6 Å². The van der Waals surface area contributed by atoms with Crippen molar-refractivity contribution in [3.63, 3.8) is 0 Å². The quantitative estimate of drug-likeness (QED) is 0.296. The Morgan fingerprint density at radius 1 is 1.20 bits per heavy atom. The molecule has 6 heterocycles. The number of thiophene rings is 1. The van der Waals surface area contributed by atoms with Crippen molar-refractivity contribution < 1.29 is 9.47 Å². The van der Waals surface area contributed by atoms with E-state index >= 15 is 0 Å². The normalized spacial score (nSPS) is 20.5. The Morgan fingerprint density at radius 2 is 2.00 bits per heavy atom. The van der Waals surface area contributed by atoms with E-state index in [0.29, 0.717) is 66.4 Å². The van der Waals surface area contributed by atoms with Crippen molar-refractivity contribution in [2.45, 2.75) is 48.8 Å². The van der Waals surface area contributed by atoms with Crippen LogP contribution in [-0.2, 0) is 15.2 Å². The SMILES string of the molecule is CCN(c1nc(OC[C@]2(COC)CCCN2)nc(N2CC3(C2)SCc2sc(N)c(C#N)c23)c1C#N)[C@H](C)c1cccnc1N. The highest BCUT2D eigenvalue weighted by Crippen LogP contribution is 2.58. The monoisotopic (exact) mass is 632 g/mol. The summed E-state index contributed by atoms with van der Waals surface area (Å²) in [6.45, 7) is 7.49. The molecule has 0 aromatic carbocycles. The molecule has 3 aromatic rings. The molecule has 1 spiro atoms. The Hall–Kier alpha value is -3.82. The van der Waals surface area contributed by atoms with Crippen LogP contribution < -0.4 is 31.3 Å². The lowest BCUT2D eigenvalue weighted by Crippen LogP contribution is -2.57. The number of hydrogen-bond acceptors (Lipinski definition) is 14. The second kappa shape index (κ2) is 11.9. The molecular weight excluding hydrogens is 597 g/mol. The van der Waals surface area contributed by atoms with Crippen molar-refractivity contribution in [2.75, 3.05) is 67.8 Å². The number of rotatable bonds is 10. The molecule has 0 amide bonds. The lowest BCUT2D eigenvalue weighted by molar-refractivity contribution is 0.0794. The number of anilines is 4. The molecule has 5 N–H and O–H groups in total. The lowest BCUT2D eigenvalue weighted by atomic mass is 9.88. The van der Waals surface area contributed by atoms with Crippen LogP contribution in [-0.4, -0.2) is 67.0 Å². The number of thioether (sulfide) groups is 1. The predicted octanol–water partition coefficient (Wildman–Crippen LogP) is 3.54. The highest BCUT2D eigenvalue weighted by atomic mass is 32.2. The van der Waals surface area contributed by atoms with Crippen LogP contribution in [0.5, 0.6) is 6.01 Å². The molecule has 3 aliphatic rings. The van der Waals surface area contributed by atoms with E-state index in [1.54, 1.807) is 13.3 Å². The molecule has 2 fully saturated rings. The molecule has 44 heavy (non-hydrogen) atoms. The van der Waals surface area contributed by atoms with Gasteiger partial charge in [0.15, 0.2) is 11.6 Å². The molecule has 0 radical (unpaired) electrons. The zero-order chi connectivity index (χ0) is 31.1. The number of hydrogen-bond donors (Lipinski definition) is 3. The zero-order valence-corrected chi connectivity index (χ0v) is 26.7. The van der Waals surface area contributed by atoms with Gasteiger partial charge in [-0.3, -0.25) is 0 Å². The summed E-state index contributed by atoms with van der Waals surface area (Å²) in [7, 11) is 1.69. The van der Waals surface area contributed by atoms with E-state index in [2.05, 4.69) is 27.3 Å². The van der Waals surface area contributed by atoms with Gasteiger partial charge in [-0.05, 0) is 39.3 Å². The van der Waals surface area contributed by atoms with Crippen molar-refractivity contribution in [1.82, 2.24) is 20.3 Å². The van der Waals surface area contributed by atoms with Gasteiger partial charge in [0.05, 0.1) is 28.5 Å². The van der Waals surface area contributed by atoms with Crippen LogP contribution >= 0.6 is 23.1 Å². The molecule has 3 aliphatic heterocycles. The van der Waals surface area contributed by atoms with Gasteiger partial charge in [-0.15, -0.1) is 23.1 Å². The average molecular weight is 633 g/mol. The molecule has 0 aliphatic carbocycles. The van der Waals surface area contributed by atoms with Crippen LogP contribution in [0.15, 0.2) is 18.3 Å². The highest BCUT2D eigenvalue weighted by Gasteiger charge is 2.53. The Bertz CT molecular complexity index is 1640. The van der Waals surface area contributed by atoms with E-state index in [1.165, 1.54) is 11.3 Å². The van der Waals surface area contributed by atoms with E-state index in [0.717, 1.165) is 41.1 Å². The summed E-state index contributed by atoms with van der Waals surface area (Å²) in [6, 6.07) is 8.49. The third-order valence-electron chi connectivity index (χ3n) is 8.84. The predicted molar refractivity (Wildman–Crippen MR) is 173 cm³/mol. The van der Waals surface area contributed by atoms with Gasteiger partial charge in [-0.1, -0.05) is 6.07 Å². The summed E-state index contributed by atoms with van der Waals surface area (Å²) >= 11 is 3.32. The first kappa shape index (κ1) is 30.2. The van der Waals surface area contributed by atoms with Crippen molar-refractivity contribution in [2.24, 2.45) is 0 Å². The van der Waals surface area contributed by atoms with Crippen molar-refractivity contribution >= 4 is 45.6 Å². The molecule has 14 heteroatoms. The van der Waals surface area contributed by atoms with E-state index in [9.17, 15) is 10.5 Å². The Kier molecular flexibility index (Phi) is 8.20. The Labute approximate surface area is 265 Å². The summed E-state index contributed by atoms with van der Waals surface area (Å²) in [5.74, 6) is 2.23. The summed E-state index contributed by atoms with van der Waals surface area (Å²) < 4.78 is 11.6. The largest absolute Gasteiger partial charge is 0.461 e. The minimum Gasteiger partial charge on any atom is -0.461 e. The van der Waals surface area contributed by atoms with E-state index in [4.69, 9.17) is 30.9 Å². The van der Waals surface area contributed by atoms with Crippen LogP contribution in [0.25, 0.3) is 0 Å². The van der Waals surface area contributed by atoms with E-state index in [-0.39, 0.29) is 22.3 Å². The molecule has 0 saturated carbocycles. The number of nitrogen functional groups attached to an aromatic ring is 2. The van der Waals surface area contributed by atoms with Crippen molar-refractivity contribution in [1.29, 1.82) is 10.5 Å². The second-order valence-electron chi connectivity index (χ2n) is 11.5. The van der Waals surface area contributed by atoms with Crippen molar-refractivity contribution in [3.8, 4) is 18.1 Å². The van der Waals surface area contributed by atoms with Crippen LogP contribution in [0.3, 0.4) is 0 Å². The fourth-order valence-electron chi connectivity index (χ4n) is 6.65. The molecule has 2 saturated heterocycles. The van der Waals surface area contributed by atoms with Crippen LogP contribution in [0, 0.1) is 22.7 Å². The van der Waals surface area contributed by atoms with Gasteiger partial charge in [0.1, 0.15) is 35.1 Å². The number of nitrogens with two attached hydrogens (primary N) is 2. The molecule has 12 nitrogen and oxygen atoms in total. The van der Waals surface area contributed by atoms with Crippen LogP contribution in [0.2, 0.25) is 0 Å². The molecule has 230 valence electrons. The zero-order valence-electron chi connectivity index (χ0n) is 25.1. The van der Waals surface area contributed by atoms with E-state index < -0.39 is 0 Å². The maximum Gasteiger partial charge on any atom is 0.320 e. The first-order valence-electron chi connectivity index (χ1n) is 14.6. The summed E-state index contributed by atoms with van der Waals surface area (Å²) in [5, 5.41) is 24.5. The van der Waals surface area contributed by atoms with Gasteiger partial charge in [0, 0.05) is 54.7 Å². The van der Waals surface area contributed by atoms with Crippen molar-refractivity contribution in [3.05, 3.63) is 45.5 Å². The third kappa shape index (κ3) is 5.06. The number of nitrogens with one attached hydrogen (secondary N) is 1. The number of nitrogens with zero attached hydrogens (tertiary/aromatic N) is 7. The fourth-order valence-corrected chi connectivity index (χ4v) is 9.46. The van der Waals surface area contributed by atoms with Gasteiger partial charge in [-0.2, -0.15) is 20.5 Å². The maximum absolute atomic E-state index is 10.6. The number of methoxy groups -OCH3 is 1. The van der Waals surface area contributed by atoms with Gasteiger partial charge >= 0.3 is 6.01 Å². The standard InChI is InChI=1S/C30H36N10O2S2/c1-4-40(18(2)19-7-5-9-35-24(19)33)27-21(12-32)26(37-28(38-27)42-17-29(16-41-3)8-6-10-36-29)39-14-30(15-39)23-20(11-31)25(34)44-22(23)13-43-30/h5,7,9,18,36H,4,6,8,10,13-17,34H2,1-3H3,(H2,33,35)/t18-,29-/m1/s1. The second-order valence-corrected chi connectivity index (χ2v) is 14.0. The minimum absolute atomic E-state index is 0.196. The number of aromatic nitrogens is 3. The third-order valence-corrected chi connectivity index (χ3v) is 11.5. The number of pyridine rings is 1. The summed E-state index contributed by atoms with van der Waals surface area (Å²) in [4.78, 5) is 19.3.